The van der Waals surface area contributed by atoms with Crippen LogP contribution in [-0.2, 0) is 6.54 Å². The summed E-state index contributed by atoms with van der Waals surface area (Å²) in [6.45, 7) is 0.627. The van der Waals surface area contributed by atoms with E-state index < -0.39 is 0 Å². The van der Waals surface area contributed by atoms with E-state index in [-0.39, 0.29) is 12.1 Å². The molecule has 0 spiro atoms. The van der Waals surface area contributed by atoms with Gasteiger partial charge in [0.25, 0.3) is 0 Å². The van der Waals surface area contributed by atoms with Gasteiger partial charge in [-0.2, -0.15) is 0 Å². The maximum atomic E-state index is 6.36. The predicted octanol–water partition coefficient (Wildman–Crippen LogP) is 5.67. The number of nitrogens with zero attached hydrogens (tertiary/aromatic N) is 3. The lowest BCUT2D eigenvalue weighted by atomic mass is 10.0. The molecule has 1 aromatic carbocycles. The van der Waals surface area contributed by atoms with Crippen molar-refractivity contribution in [1.82, 2.24) is 20.2 Å². The van der Waals surface area contributed by atoms with Crippen molar-refractivity contribution in [2.24, 2.45) is 0 Å². The van der Waals surface area contributed by atoms with Crippen LogP contribution in [0.2, 0.25) is 0 Å². The Balaban J connectivity index is 1.53. The van der Waals surface area contributed by atoms with Crippen LogP contribution in [0.15, 0.2) is 94.2 Å². The van der Waals surface area contributed by atoms with Crippen LogP contribution in [0.5, 0.6) is 0 Å². The van der Waals surface area contributed by atoms with Gasteiger partial charge in [0.05, 0.1) is 11.7 Å². The van der Waals surface area contributed by atoms with Gasteiger partial charge in [-0.05, 0) is 60.2 Å². The Morgan fingerprint density at radius 1 is 1.00 bits per heavy atom. The summed E-state index contributed by atoms with van der Waals surface area (Å²) in [5, 5.41) is 4.13. The fourth-order valence-electron chi connectivity index (χ4n) is 3.85. The van der Waals surface area contributed by atoms with Crippen LogP contribution in [0.3, 0.4) is 0 Å². The minimum absolute atomic E-state index is 0.116. The molecule has 4 heterocycles. The van der Waals surface area contributed by atoms with Crippen molar-refractivity contribution >= 4 is 33.3 Å². The summed E-state index contributed by atoms with van der Waals surface area (Å²) in [6, 6.07) is 21.8. The number of aromatic nitrogens is 2. The molecule has 0 amide bonds. The minimum Gasteiger partial charge on any atom is -0.459 e. The molecular weight excluding hydrogens is 472 g/mol. The Morgan fingerprint density at radius 2 is 1.87 bits per heavy atom. The second-order valence-corrected chi connectivity index (χ2v) is 8.63. The Bertz CT molecular complexity index is 1180. The van der Waals surface area contributed by atoms with Gasteiger partial charge in [-0.15, -0.1) is 0 Å². The standard InChI is InChI=1S/C24H19BrN4OS/c25-18-8-6-17(7-9-18)20-10-11-21(30-20)23-22(19-5-1-2-13-27-19)28-24(31)29(23)15-16-4-3-12-26-14-16/h1-14,22-23H,15H2,(H,28,31)/t22-,23-/m0/s1. The van der Waals surface area contributed by atoms with Crippen LogP contribution in [0.1, 0.15) is 29.1 Å². The van der Waals surface area contributed by atoms with Gasteiger partial charge in [0, 0.05) is 35.2 Å². The number of furan rings is 1. The van der Waals surface area contributed by atoms with Crippen LogP contribution in [-0.4, -0.2) is 20.0 Å². The maximum absolute atomic E-state index is 6.36. The van der Waals surface area contributed by atoms with E-state index in [0.29, 0.717) is 11.7 Å². The Kier molecular flexibility index (Phi) is 5.53. The molecule has 0 radical (unpaired) electrons. The summed E-state index contributed by atoms with van der Waals surface area (Å²) in [4.78, 5) is 11.0. The zero-order chi connectivity index (χ0) is 21.2. The van der Waals surface area contributed by atoms with Crippen molar-refractivity contribution in [2.75, 3.05) is 0 Å². The molecule has 0 unspecified atom stereocenters. The molecule has 4 aromatic rings. The number of rotatable bonds is 5. The van der Waals surface area contributed by atoms with Crippen molar-refractivity contribution < 1.29 is 4.42 Å². The van der Waals surface area contributed by atoms with Crippen molar-refractivity contribution in [2.45, 2.75) is 18.6 Å². The monoisotopic (exact) mass is 490 g/mol. The van der Waals surface area contributed by atoms with Gasteiger partial charge in [-0.3, -0.25) is 9.97 Å². The van der Waals surface area contributed by atoms with Crippen LogP contribution in [0.25, 0.3) is 11.3 Å². The molecule has 7 heteroatoms. The summed E-state index contributed by atoms with van der Waals surface area (Å²) in [5.41, 5.74) is 3.03. The van der Waals surface area contributed by atoms with E-state index in [1.165, 1.54) is 0 Å². The van der Waals surface area contributed by atoms with Gasteiger partial charge in [-0.25, -0.2) is 0 Å². The second kappa shape index (κ2) is 8.61. The molecule has 1 fully saturated rings. The molecule has 0 saturated carbocycles. The van der Waals surface area contributed by atoms with Crippen molar-refractivity contribution in [3.05, 3.63) is 107 Å². The van der Waals surface area contributed by atoms with E-state index in [9.17, 15) is 0 Å². The summed E-state index contributed by atoms with van der Waals surface area (Å²) >= 11 is 9.21. The Hall–Kier alpha value is -3.03. The van der Waals surface area contributed by atoms with Crippen molar-refractivity contribution in [3.8, 4) is 11.3 Å². The van der Waals surface area contributed by atoms with Gasteiger partial charge in [0.1, 0.15) is 17.6 Å². The minimum atomic E-state index is -0.133. The maximum Gasteiger partial charge on any atom is 0.170 e. The first-order valence-corrected chi connectivity index (χ1v) is 11.1. The highest BCUT2D eigenvalue weighted by Gasteiger charge is 2.41. The molecule has 2 atom stereocenters. The highest BCUT2D eigenvalue weighted by Crippen LogP contribution is 2.41. The van der Waals surface area contributed by atoms with Crippen molar-refractivity contribution in [3.63, 3.8) is 0 Å². The SMILES string of the molecule is S=C1N[C@@H](c2ccccn2)[C@H](c2ccc(-c3ccc(Br)cc3)o2)N1Cc1cccnc1. The molecule has 0 bridgehead atoms. The highest BCUT2D eigenvalue weighted by molar-refractivity contribution is 9.10. The van der Waals surface area contributed by atoms with E-state index >= 15 is 0 Å². The third kappa shape index (κ3) is 4.11. The number of hydrogen-bond donors (Lipinski definition) is 1. The van der Waals surface area contributed by atoms with Gasteiger partial charge >= 0.3 is 0 Å². The quantitative estimate of drug-likeness (QED) is 0.363. The summed E-state index contributed by atoms with van der Waals surface area (Å²) in [6.07, 6.45) is 5.44. The smallest absolute Gasteiger partial charge is 0.170 e. The lowest BCUT2D eigenvalue weighted by molar-refractivity contribution is 0.269. The first kappa shape index (κ1) is 19.9. The number of nitrogens with one attached hydrogen (secondary N) is 1. The molecule has 3 aromatic heterocycles. The molecule has 1 saturated heterocycles. The zero-order valence-electron chi connectivity index (χ0n) is 16.5. The van der Waals surface area contributed by atoms with E-state index in [2.05, 4.69) is 42.2 Å². The Labute approximate surface area is 194 Å². The molecule has 1 N–H and O–H groups in total. The topological polar surface area (TPSA) is 54.2 Å². The number of hydrogen-bond acceptors (Lipinski definition) is 4. The van der Waals surface area contributed by atoms with E-state index in [1.807, 2.05) is 66.9 Å². The number of halogens is 1. The highest BCUT2D eigenvalue weighted by atomic mass is 79.9. The third-order valence-electron chi connectivity index (χ3n) is 5.32. The lowest BCUT2D eigenvalue weighted by Gasteiger charge is -2.26. The van der Waals surface area contributed by atoms with Gasteiger partial charge in [-0.1, -0.05) is 40.2 Å². The predicted molar refractivity (Wildman–Crippen MR) is 127 cm³/mol. The van der Waals surface area contributed by atoms with Gasteiger partial charge < -0.3 is 14.6 Å². The van der Waals surface area contributed by atoms with Gasteiger partial charge in [0.2, 0.25) is 0 Å². The van der Waals surface area contributed by atoms with Crippen LogP contribution in [0.4, 0.5) is 0 Å². The van der Waals surface area contributed by atoms with Crippen LogP contribution < -0.4 is 5.32 Å². The second-order valence-electron chi connectivity index (χ2n) is 7.32. The fourth-order valence-corrected chi connectivity index (χ4v) is 4.42. The van der Waals surface area contributed by atoms with E-state index in [4.69, 9.17) is 16.6 Å². The van der Waals surface area contributed by atoms with E-state index in [0.717, 1.165) is 32.8 Å². The first-order valence-electron chi connectivity index (χ1n) is 9.92. The fraction of sp³-hybridized carbons (Fsp3) is 0.125. The molecule has 154 valence electrons. The molecule has 1 aliphatic rings. The largest absolute Gasteiger partial charge is 0.459 e. The van der Waals surface area contributed by atoms with E-state index in [1.54, 1.807) is 12.4 Å². The zero-order valence-corrected chi connectivity index (χ0v) is 18.9. The molecule has 5 nitrogen and oxygen atoms in total. The lowest BCUT2D eigenvalue weighted by Crippen LogP contribution is -2.29. The van der Waals surface area contributed by atoms with Gasteiger partial charge in [0.15, 0.2) is 5.11 Å². The normalized spacial score (nSPS) is 18.2. The molecular formula is C24H19BrN4OS. The number of thiocarbonyl (C=S) groups is 1. The summed E-state index contributed by atoms with van der Waals surface area (Å²) in [5.74, 6) is 1.66. The van der Waals surface area contributed by atoms with Crippen LogP contribution >= 0.6 is 28.1 Å². The molecule has 5 rings (SSSR count). The van der Waals surface area contributed by atoms with Crippen LogP contribution in [0, 0.1) is 0 Å². The first-order chi connectivity index (χ1) is 15.2. The molecule has 31 heavy (non-hydrogen) atoms. The third-order valence-corrected chi connectivity index (χ3v) is 6.20. The summed E-state index contributed by atoms with van der Waals surface area (Å²) < 4.78 is 7.40. The number of pyridine rings is 2. The average molecular weight is 491 g/mol. The summed E-state index contributed by atoms with van der Waals surface area (Å²) in [7, 11) is 0. The molecule has 0 aliphatic carbocycles. The average Bonchev–Trinajstić information content (AvgIpc) is 3.41. The molecule has 1 aliphatic heterocycles. The Morgan fingerprint density at radius 3 is 2.61 bits per heavy atom. The van der Waals surface area contributed by atoms with Crippen molar-refractivity contribution in [1.29, 1.82) is 0 Å². The number of benzene rings is 1.